The minimum absolute atomic E-state index is 0.247. The van der Waals surface area contributed by atoms with Crippen LogP contribution >= 0.6 is 34.8 Å². The second-order valence-electron chi connectivity index (χ2n) is 3.92. The fraction of sp³-hybridized carbons (Fsp3) is 0.214. The van der Waals surface area contributed by atoms with Crippen LogP contribution in [0.1, 0.15) is 18.2 Å². The van der Waals surface area contributed by atoms with Gasteiger partial charge in [-0.25, -0.2) is 4.98 Å². The molecule has 1 heterocycles. The second kappa shape index (κ2) is 6.47. The molecule has 0 spiro atoms. The molecule has 0 unspecified atom stereocenters. The van der Waals surface area contributed by atoms with Crippen molar-refractivity contribution in [2.24, 2.45) is 0 Å². The number of hydrogen-bond donors (Lipinski definition) is 0. The highest BCUT2D eigenvalue weighted by Crippen LogP contribution is 2.27. The summed E-state index contributed by atoms with van der Waals surface area (Å²) in [5.74, 6) is 1.40. The maximum atomic E-state index is 6.06. The van der Waals surface area contributed by atoms with Gasteiger partial charge in [-0.3, -0.25) is 0 Å². The number of hydrogen-bond acceptors (Lipinski definition) is 2. The van der Waals surface area contributed by atoms with Crippen LogP contribution in [0.4, 0.5) is 0 Å². The second-order valence-corrected chi connectivity index (χ2v) is 5.00. The van der Waals surface area contributed by atoms with Gasteiger partial charge in [-0.1, -0.05) is 30.1 Å². The third-order valence-electron chi connectivity index (χ3n) is 2.64. The fourth-order valence-corrected chi connectivity index (χ4v) is 2.32. The summed E-state index contributed by atoms with van der Waals surface area (Å²) < 4.78 is 5.69. The zero-order valence-electron chi connectivity index (χ0n) is 10.3. The molecular weight excluding hydrogens is 305 g/mol. The maximum absolute atomic E-state index is 6.06. The minimum Gasteiger partial charge on any atom is -0.439 e. The fourth-order valence-electron chi connectivity index (χ4n) is 1.62. The van der Waals surface area contributed by atoms with Crippen LogP contribution < -0.4 is 4.74 Å². The Morgan fingerprint density at radius 1 is 1.11 bits per heavy atom. The van der Waals surface area contributed by atoms with E-state index in [2.05, 4.69) is 4.98 Å². The molecule has 2 aromatic rings. The lowest BCUT2D eigenvalue weighted by Crippen LogP contribution is -1.93. The van der Waals surface area contributed by atoms with Crippen molar-refractivity contribution >= 4 is 34.8 Å². The Hall–Kier alpha value is -0.960. The molecule has 0 radical (unpaired) electrons. The summed E-state index contributed by atoms with van der Waals surface area (Å²) in [6, 6.07) is 8.95. The van der Waals surface area contributed by atoms with Crippen LogP contribution in [-0.2, 0) is 12.3 Å². The molecule has 19 heavy (non-hydrogen) atoms. The summed E-state index contributed by atoms with van der Waals surface area (Å²) in [6.45, 7) is 2.04. The van der Waals surface area contributed by atoms with E-state index in [4.69, 9.17) is 39.5 Å². The van der Waals surface area contributed by atoms with Crippen LogP contribution in [-0.4, -0.2) is 4.98 Å². The molecule has 0 atom stereocenters. The van der Waals surface area contributed by atoms with Gasteiger partial charge in [0.25, 0.3) is 0 Å². The first-order valence-electron chi connectivity index (χ1n) is 5.81. The number of alkyl halides is 1. The Morgan fingerprint density at radius 2 is 1.84 bits per heavy atom. The molecule has 1 aromatic heterocycles. The van der Waals surface area contributed by atoms with Gasteiger partial charge in [0, 0.05) is 11.1 Å². The summed E-state index contributed by atoms with van der Waals surface area (Å²) >= 11 is 17.8. The van der Waals surface area contributed by atoms with E-state index < -0.39 is 0 Å². The van der Waals surface area contributed by atoms with Crippen molar-refractivity contribution in [3.05, 3.63) is 51.6 Å². The molecule has 1 aromatic carbocycles. The van der Waals surface area contributed by atoms with E-state index in [9.17, 15) is 0 Å². The molecule has 0 aliphatic carbocycles. The van der Waals surface area contributed by atoms with Crippen LogP contribution in [0.15, 0.2) is 30.3 Å². The molecule has 0 saturated heterocycles. The van der Waals surface area contributed by atoms with Gasteiger partial charge in [0.2, 0.25) is 5.88 Å². The standard InChI is InChI=1S/C14H12Cl3NO/c1-2-9-7-10(3-4-11(9)16)19-14-6-5-12(17)13(8-15)18-14/h3-7H,2,8H2,1H3. The predicted octanol–water partition coefficient (Wildman–Crippen LogP) is 5.48. The number of rotatable bonds is 4. The normalized spacial score (nSPS) is 10.5. The predicted molar refractivity (Wildman–Crippen MR) is 79.7 cm³/mol. The number of pyridine rings is 1. The molecule has 2 rings (SSSR count). The average molecular weight is 317 g/mol. The van der Waals surface area contributed by atoms with Crippen LogP contribution in [0.5, 0.6) is 11.6 Å². The molecule has 0 aliphatic rings. The monoisotopic (exact) mass is 315 g/mol. The topological polar surface area (TPSA) is 22.1 Å². The molecule has 0 aliphatic heterocycles. The molecule has 0 N–H and O–H groups in total. The molecule has 100 valence electrons. The SMILES string of the molecule is CCc1cc(Oc2ccc(Cl)c(CCl)n2)ccc1Cl. The first kappa shape index (κ1) is 14.4. The molecular formula is C14H12Cl3NO. The summed E-state index contributed by atoms with van der Waals surface area (Å²) in [7, 11) is 0. The summed E-state index contributed by atoms with van der Waals surface area (Å²) in [6.07, 6.45) is 0.844. The van der Waals surface area contributed by atoms with Crippen molar-refractivity contribution in [3.63, 3.8) is 0 Å². The van der Waals surface area contributed by atoms with Crippen LogP contribution in [0.3, 0.4) is 0 Å². The highest BCUT2D eigenvalue weighted by Gasteiger charge is 2.06. The van der Waals surface area contributed by atoms with Gasteiger partial charge in [0.1, 0.15) is 5.75 Å². The van der Waals surface area contributed by atoms with E-state index >= 15 is 0 Å². The first-order valence-corrected chi connectivity index (χ1v) is 7.10. The molecule has 0 amide bonds. The molecule has 2 nitrogen and oxygen atoms in total. The number of nitrogens with zero attached hydrogens (tertiary/aromatic N) is 1. The van der Waals surface area contributed by atoms with E-state index in [0.717, 1.165) is 17.0 Å². The highest BCUT2D eigenvalue weighted by molar-refractivity contribution is 6.32. The van der Waals surface area contributed by atoms with Crippen LogP contribution in [0.2, 0.25) is 10.0 Å². The molecule has 5 heteroatoms. The van der Waals surface area contributed by atoms with Crippen molar-refractivity contribution in [3.8, 4) is 11.6 Å². The maximum Gasteiger partial charge on any atom is 0.219 e. The number of aromatic nitrogens is 1. The van der Waals surface area contributed by atoms with E-state index in [1.165, 1.54) is 0 Å². The Labute approximate surface area is 127 Å². The molecule has 0 saturated carbocycles. The first-order chi connectivity index (χ1) is 9.13. The van der Waals surface area contributed by atoms with Crippen LogP contribution in [0, 0.1) is 0 Å². The van der Waals surface area contributed by atoms with E-state index in [0.29, 0.717) is 22.3 Å². The lowest BCUT2D eigenvalue weighted by molar-refractivity contribution is 0.461. The smallest absolute Gasteiger partial charge is 0.219 e. The largest absolute Gasteiger partial charge is 0.439 e. The Kier molecular flexibility index (Phi) is 4.92. The number of benzene rings is 1. The van der Waals surface area contributed by atoms with Gasteiger partial charge in [0.05, 0.1) is 16.6 Å². The van der Waals surface area contributed by atoms with Crippen molar-refractivity contribution in [2.75, 3.05) is 0 Å². The van der Waals surface area contributed by atoms with E-state index in [1.807, 2.05) is 19.1 Å². The zero-order valence-corrected chi connectivity index (χ0v) is 12.6. The number of aryl methyl sites for hydroxylation is 1. The summed E-state index contributed by atoms with van der Waals surface area (Å²) in [4.78, 5) is 4.24. The van der Waals surface area contributed by atoms with Gasteiger partial charge in [0.15, 0.2) is 0 Å². The minimum atomic E-state index is 0.247. The van der Waals surface area contributed by atoms with Gasteiger partial charge in [-0.05, 0) is 36.2 Å². The van der Waals surface area contributed by atoms with Gasteiger partial charge < -0.3 is 4.74 Å². The van der Waals surface area contributed by atoms with Crippen LogP contribution in [0.25, 0.3) is 0 Å². The van der Waals surface area contributed by atoms with Crippen molar-refractivity contribution in [1.82, 2.24) is 4.98 Å². The van der Waals surface area contributed by atoms with Gasteiger partial charge in [-0.2, -0.15) is 0 Å². The lowest BCUT2D eigenvalue weighted by Gasteiger charge is -2.09. The third-order valence-corrected chi connectivity index (χ3v) is 3.61. The van der Waals surface area contributed by atoms with Gasteiger partial charge >= 0.3 is 0 Å². The quantitative estimate of drug-likeness (QED) is 0.697. The third kappa shape index (κ3) is 3.53. The Balaban J connectivity index is 2.25. The Morgan fingerprint density at radius 3 is 2.53 bits per heavy atom. The molecule has 0 bridgehead atoms. The summed E-state index contributed by atoms with van der Waals surface area (Å²) in [5, 5.41) is 1.27. The zero-order chi connectivity index (χ0) is 13.8. The van der Waals surface area contributed by atoms with Crippen molar-refractivity contribution in [1.29, 1.82) is 0 Å². The molecule has 0 fully saturated rings. The van der Waals surface area contributed by atoms with E-state index in [-0.39, 0.29) is 5.88 Å². The Bertz CT molecular complexity index is 535. The number of ether oxygens (including phenoxy) is 1. The summed E-state index contributed by atoms with van der Waals surface area (Å²) in [5.41, 5.74) is 1.64. The van der Waals surface area contributed by atoms with Gasteiger partial charge in [-0.15, -0.1) is 11.6 Å². The van der Waals surface area contributed by atoms with Crippen molar-refractivity contribution < 1.29 is 4.74 Å². The lowest BCUT2D eigenvalue weighted by atomic mass is 10.1. The number of halogens is 3. The average Bonchev–Trinajstić information content (AvgIpc) is 2.43. The van der Waals surface area contributed by atoms with E-state index in [1.54, 1.807) is 18.2 Å². The van der Waals surface area contributed by atoms with Crippen molar-refractivity contribution in [2.45, 2.75) is 19.2 Å². The highest BCUT2D eigenvalue weighted by atomic mass is 35.5.